The largest absolute Gasteiger partial charge is 0.390 e. The molecule has 0 bridgehead atoms. The molecule has 0 aromatic carbocycles. The van der Waals surface area contributed by atoms with Crippen LogP contribution in [0.3, 0.4) is 0 Å². The fraction of sp³-hybridized carbons (Fsp3) is 0. The van der Waals surface area contributed by atoms with Crippen molar-refractivity contribution in [3.63, 3.8) is 0 Å². The maximum atomic E-state index is 5.86. The second kappa shape index (κ2) is 12.0. The Bertz CT molecular complexity index is 13.5. The Morgan fingerprint density at radius 2 is 1.75 bits per heavy atom. The maximum Gasteiger partial charge on any atom is 0.0765 e. The average Bonchev–Trinajstić information content (AvgIpc) is 0.918. The fourth-order valence-corrected chi connectivity index (χ4v) is 0. The smallest absolute Gasteiger partial charge is 0.0765 e. The van der Waals surface area contributed by atoms with Gasteiger partial charge in [-0.1, -0.05) is 0 Å². The minimum Gasteiger partial charge on any atom is -0.390 e. The van der Waals surface area contributed by atoms with Crippen LogP contribution < -0.4 is 5.73 Å². The summed E-state index contributed by atoms with van der Waals surface area (Å²) in [7, 11) is 0. The Hall–Kier alpha value is 0.00247. The predicted molar refractivity (Wildman–Crippen MR) is 13.0 cm³/mol. The quantitative estimate of drug-likeness (QED) is 0.311. The van der Waals surface area contributed by atoms with Gasteiger partial charge in [0.2, 0.25) is 0 Å². The van der Waals surface area contributed by atoms with Crippen molar-refractivity contribution in [2.45, 2.75) is 0 Å². The molecule has 0 aromatic heterocycles. The Kier molecular flexibility index (Phi) is 27.0. The molecule has 2 nitrogen and oxygen atoms in total. The van der Waals surface area contributed by atoms with Crippen molar-refractivity contribution < 1.29 is 17.4 Å². The van der Waals surface area contributed by atoms with Crippen LogP contribution >= 0.6 is 0 Å². The van der Waals surface area contributed by atoms with Crippen molar-refractivity contribution in [3.8, 4) is 0 Å². The van der Waals surface area contributed by atoms with Crippen LogP contribution in [0.25, 0.3) is 0 Å². The topological polar surface area (TPSA) is 49.9 Å². The van der Waals surface area contributed by atoms with Gasteiger partial charge in [-0.25, -0.2) is 0 Å². The molecular weight excluding hydrogens is 92.0 g/mol. The maximum absolute atomic E-state index is 5.86. The third-order valence-electron chi connectivity index (χ3n) is 0. The standard InChI is InChI=1S/CH4N2.Cr/c2-1-3;/h1H,(H3,2,3);. The van der Waals surface area contributed by atoms with Gasteiger partial charge in [0.1, 0.15) is 0 Å². The molecule has 0 radical (unpaired) electrons. The summed E-state index contributed by atoms with van der Waals surface area (Å²) in [6, 6.07) is 0. The van der Waals surface area contributed by atoms with Gasteiger partial charge in [0.05, 0.1) is 6.34 Å². The van der Waals surface area contributed by atoms with Crippen molar-refractivity contribution in [2.75, 3.05) is 0 Å². The van der Waals surface area contributed by atoms with Gasteiger partial charge in [0.15, 0.2) is 0 Å². The minimum absolute atomic E-state index is 0. The number of nitrogens with one attached hydrogen (secondary N) is 1. The summed E-state index contributed by atoms with van der Waals surface area (Å²) in [6.07, 6.45) is 0.750. The Labute approximate surface area is 35.6 Å². The van der Waals surface area contributed by atoms with Crippen molar-refractivity contribution >= 4 is 6.34 Å². The molecule has 0 aliphatic heterocycles. The first-order valence-corrected chi connectivity index (χ1v) is 0.622. The first-order valence-electron chi connectivity index (χ1n) is 0.622. The van der Waals surface area contributed by atoms with Gasteiger partial charge in [-0.15, -0.1) is 0 Å². The van der Waals surface area contributed by atoms with E-state index in [9.17, 15) is 0 Å². The molecule has 0 saturated heterocycles. The number of nitrogens with two attached hydrogens (primary N) is 1. The Morgan fingerprint density at radius 1 is 1.75 bits per heavy atom. The fourth-order valence-electron chi connectivity index (χ4n) is 0. The Morgan fingerprint density at radius 3 is 1.75 bits per heavy atom. The molecule has 0 aliphatic carbocycles. The summed E-state index contributed by atoms with van der Waals surface area (Å²) >= 11 is 0. The number of hydrogen-bond donors (Lipinski definition) is 2. The summed E-state index contributed by atoms with van der Waals surface area (Å²) in [4.78, 5) is 0. The SMILES string of the molecule is N=CN.[Cr]. The van der Waals surface area contributed by atoms with Crippen LogP contribution in [0.2, 0.25) is 0 Å². The van der Waals surface area contributed by atoms with Crippen LogP contribution in [0.1, 0.15) is 0 Å². The van der Waals surface area contributed by atoms with E-state index in [1.807, 2.05) is 0 Å². The molecule has 0 atom stereocenters. The molecule has 0 saturated carbocycles. The van der Waals surface area contributed by atoms with E-state index >= 15 is 0 Å². The van der Waals surface area contributed by atoms with Gasteiger partial charge in [-0.05, 0) is 0 Å². The number of hydrogen-bond acceptors (Lipinski definition) is 1. The molecule has 0 spiro atoms. The van der Waals surface area contributed by atoms with Crippen LogP contribution in [0.15, 0.2) is 0 Å². The van der Waals surface area contributed by atoms with Crippen LogP contribution in [0, 0.1) is 5.41 Å². The molecule has 0 amide bonds. The van der Waals surface area contributed by atoms with Gasteiger partial charge in [-0.2, -0.15) is 0 Å². The third-order valence-corrected chi connectivity index (χ3v) is 0. The normalized spacial score (nSPS) is 3.00. The first kappa shape index (κ1) is 9.00. The van der Waals surface area contributed by atoms with E-state index in [4.69, 9.17) is 5.41 Å². The molecule has 0 heterocycles. The van der Waals surface area contributed by atoms with Crippen LogP contribution in [0.5, 0.6) is 0 Å². The van der Waals surface area contributed by atoms with E-state index in [1.54, 1.807) is 0 Å². The molecule has 0 unspecified atom stereocenters. The number of rotatable bonds is 0. The molecule has 24 valence electrons. The van der Waals surface area contributed by atoms with E-state index < -0.39 is 0 Å². The van der Waals surface area contributed by atoms with E-state index in [-0.39, 0.29) is 17.4 Å². The van der Waals surface area contributed by atoms with Crippen molar-refractivity contribution in [1.29, 1.82) is 5.41 Å². The summed E-state index contributed by atoms with van der Waals surface area (Å²) in [6.45, 7) is 0. The van der Waals surface area contributed by atoms with Gasteiger partial charge in [0, 0.05) is 17.4 Å². The van der Waals surface area contributed by atoms with Crippen LogP contribution in [-0.2, 0) is 17.4 Å². The van der Waals surface area contributed by atoms with Crippen molar-refractivity contribution in [1.82, 2.24) is 0 Å². The molecule has 3 N–H and O–H groups in total. The van der Waals surface area contributed by atoms with Gasteiger partial charge < -0.3 is 5.73 Å². The molecule has 0 fully saturated rings. The zero-order valence-corrected chi connectivity index (χ0v) is 3.34. The average molecular weight is 96.1 g/mol. The molecule has 0 aliphatic rings. The first-order chi connectivity index (χ1) is 1.41. The molecule has 0 rings (SSSR count). The monoisotopic (exact) mass is 96.0 g/mol. The van der Waals surface area contributed by atoms with Crippen LogP contribution in [-0.4, -0.2) is 6.34 Å². The van der Waals surface area contributed by atoms with E-state index in [0.717, 1.165) is 6.34 Å². The van der Waals surface area contributed by atoms with Crippen LogP contribution in [0.4, 0.5) is 0 Å². The molecule has 3 heteroatoms. The van der Waals surface area contributed by atoms with Crippen molar-refractivity contribution in [2.24, 2.45) is 5.73 Å². The van der Waals surface area contributed by atoms with Crippen molar-refractivity contribution in [3.05, 3.63) is 0 Å². The molecular formula is CH4CrN2. The summed E-state index contributed by atoms with van der Waals surface area (Å²) in [5.41, 5.74) is 4.39. The molecule has 4 heavy (non-hydrogen) atoms. The van der Waals surface area contributed by atoms with E-state index in [0.29, 0.717) is 0 Å². The summed E-state index contributed by atoms with van der Waals surface area (Å²) in [5, 5.41) is 5.86. The Balaban J connectivity index is 0. The third kappa shape index (κ3) is 331000. The zero-order chi connectivity index (χ0) is 2.71. The summed E-state index contributed by atoms with van der Waals surface area (Å²) < 4.78 is 0. The second-order valence-electron chi connectivity index (χ2n) is 0.167. The summed E-state index contributed by atoms with van der Waals surface area (Å²) in [5.74, 6) is 0. The minimum atomic E-state index is 0. The van der Waals surface area contributed by atoms with Gasteiger partial charge in [-0.3, -0.25) is 5.41 Å². The van der Waals surface area contributed by atoms with Gasteiger partial charge >= 0.3 is 0 Å². The van der Waals surface area contributed by atoms with Gasteiger partial charge in [0.25, 0.3) is 0 Å². The predicted octanol–water partition coefficient (Wildman–Crippen LogP) is -0.450. The molecule has 0 aromatic rings. The zero-order valence-electron chi connectivity index (χ0n) is 2.06. The second-order valence-corrected chi connectivity index (χ2v) is 0.167. The van der Waals surface area contributed by atoms with E-state index in [1.165, 1.54) is 0 Å². The van der Waals surface area contributed by atoms with E-state index in [2.05, 4.69) is 5.73 Å².